The van der Waals surface area contributed by atoms with Crippen molar-refractivity contribution in [3.8, 4) is 0 Å². The van der Waals surface area contributed by atoms with Gasteiger partial charge in [0.15, 0.2) is 0 Å². The van der Waals surface area contributed by atoms with Gasteiger partial charge in [-0.1, -0.05) is 23.8 Å². The summed E-state index contributed by atoms with van der Waals surface area (Å²) in [5, 5.41) is 2.64. The van der Waals surface area contributed by atoms with Gasteiger partial charge in [0, 0.05) is 18.0 Å². The molecule has 3 nitrogen and oxygen atoms in total. The van der Waals surface area contributed by atoms with Gasteiger partial charge in [-0.15, -0.1) is 0 Å². The van der Waals surface area contributed by atoms with E-state index in [9.17, 15) is 9.18 Å². The summed E-state index contributed by atoms with van der Waals surface area (Å²) in [6, 6.07) is 3.68. The molecule has 0 aliphatic heterocycles. The Labute approximate surface area is 109 Å². The molecule has 0 heterocycles. The van der Waals surface area contributed by atoms with Gasteiger partial charge >= 0.3 is 0 Å². The SMILES string of the molecule is CC(CC(N)=S)NC(=O)c1ccc(Cl)c(F)c1. The third-order valence-corrected chi connectivity index (χ3v) is 2.54. The first-order valence-corrected chi connectivity index (χ1v) is 5.73. The summed E-state index contributed by atoms with van der Waals surface area (Å²) in [6.45, 7) is 1.77. The van der Waals surface area contributed by atoms with Crippen molar-refractivity contribution in [2.75, 3.05) is 0 Å². The highest BCUT2D eigenvalue weighted by Gasteiger charge is 2.12. The number of hydrogen-bond acceptors (Lipinski definition) is 2. The number of hydrogen-bond donors (Lipinski definition) is 2. The van der Waals surface area contributed by atoms with Crippen LogP contribution < -0.4 is 11.1 Å². The van der Waals surface area contributed by atoms with Gasteiger partial charge in [-0.3, -0.25) is 4.79 Å². The molecule has 0 radical (unpaired) electrons. The fraction of sp³-hybridized carbons (Fsp3) is 0.273. The normalized spacial score (nSPS) is 11.9. The number of halogens is 2. The van der Waals surface area contributed by atoms with Crippen molar-refractivity contribution < 1.29 is 9.18 Å². The molecule has 0 saturated carbocycles. The summed E-state index contributed by atoms with van der Waals surface area (Å²) in [4.78, 5) is 12.0. The molecule has 0 bridgehead atoms. The Bertz CT molecular complexity index is 453. The molecule has 1 rings (SSSR count). The van der Waals surface area contributed by atoms with Crippen LogP contribution in [0.4, 0.5) is 4.39 Å². The molecule has 17 heavy (non-hydrogen) atoms. The van der Waals surface area contributed by atoms with E-state index in [1.54, 1.807) is 6.92 Å². The van der Waals surface area contributed by atoms with Gasteiger partial charge < -0.3 is 11.1 Å². The van der Waals surface area contributed by atoms with Crippen LogP contribution in [0.3, 0.4) is 0 Å². The van der Waals surface area contributed by atoms with Gasteiger partial charge in [-0.05, 0) is 25.1 Å². The number of benzene rings is 1. The third-order valence-electron chi connectivity index (χ3n) is 2.07. The van der Waals surface area contributed by atoms with E-state index in [2.05, 4.69) is 5.32 Å². The molecule has 92 valence electrons. The average Bonchev–Trinajstić information content (AvgIpc) is 2.20. The minimum absolute atomic E-state index is 0.0160. The first-order chi connectivity index (χ1) is 7.90. The summed E-state index contributed by atoms with van der Waals surface area (Å²) in [6.07, 6.45) is 0.400. The van der Waals surface area contributed by atoms with E-state index >= 15 is 0 Å². The van der Waals surface area contributed by atoms with Gasteiger partial charge in [0.2, 0.25) is 0 Å². The van der Waals surface area contributed by atoms with Crippen molar-refractivity contribution in [1.29, 1.82) is 0 Å². The Hall–Kier alpha value is -1.20. The second-order valence-electron chi connectivity index (χ2n) is 3.67. The lowest BCUT2D eigenvalue weighted by atomic mass is 10.1. The van der Waals surface area contributed by atoms with Crippen LogP contribution in [0.1, 0.15) is 23.7 Å². The van der Waals surface area contributed by atoms with Crippen LogP contribution in [0.2, 0.25) is 5.02 Å². The predicted octanol–water partition coefficient (Wildman–Crippen LogP) is 2.27. The van der Waals surface area contributed by atoms with Gasteiger partial charge in [0.05, 0.1) is 10.0 Å². The number of nitrogens with one attached hydrogen (secondary N) is 1. The molecule has 0 spiro atoms. The van der Waals surface area contributed by atoms with Crippen molar-refractivity contribution in [3.63, 3.8) is 0 Å². The number of carbonyl (C=O) groups excluding carboxylic acids is 1. The van der Waals surface area contributed by atoms with E-state index in [0.717, 1.165) is 6.07 Å². The first kappa shape index (κ1) is 13.9. The highest BCUT2D eigenvalue weighted by atomic mass is 35.5. The molecule has 0 aliphatic carbocycles. The largest absolute Gasteiger partial charge is 0.393 e. The Kier molecular flexibility index (Phi) is 4.84. The maximum Gasteiger partial charge on any atom is 0.251 e. The Morgan fingerprint density at radius 2 is 2.29 bits per heavy atom. The number of thiocarbonyl (C=S) groups is 1. The van der Waals surface area contributed by atoms with Gasteiger partial charge in [-0.25, -0.2) is 4.39 Å². The molecule has 0 aliphatic rings. The molecule has 0 saturated heterocycles. The Morgan fingerprint density at radius 1 is 1.65 bits per heavy atom. The van der Waals surface area contributed by atoms with Crippen LogP contribution in [-0.4, -0.2) is 16.9 Å². The summed E-state index contributed by atoms with van der Waals surface area (Å²) in [5.74, 6) is -1.01. The quantitative estimate of drug-likeness (QED) is 0.828. The van der Waals surface area contributed by atoms with Crippen LogP contribution in [0, 0.1) is 5.82 Å². The number of rotatable bonds is 4. The smallest absolute Gasteiger partial charge is 0.251 e. The number of amides is 1. The molecule has 1 amide bonds. The zero-order valence-corrected chi connectivity index (χ0v) is 10.7. The fourth-order valence-corrected chi connectivity index (χ4v) is 1.66. The lowest BCUT2D eigenvalue weighted by Gasteiger charge is -2.13. The molecular weight excluding hydrogens is 263 g/mol. The lowest BCUT2D eigenvalue weighted by molar-refractivity contribution is 0.0941. The van der Waals surface area contributed by atoms with E-state index < -0.39 is 5.82 Å². The molecule has 6 heteroatoms. The van der Waals surface area contributed by atoms with Crippen molar-refractivity contribution in [1.82, 2.24) is 5.32 Å². The van der Waals surface area contributed by atoms with Crippen LogP contribution in [0.15, 0.2) is 18.2 Å². The number of carbonyl (C=O) groups is 1. The van der Waals surface area contributed by atoms with Crippen LogP contribution >= 0.6 is 23.8 Å². The zero-order chi connectivity index (χ0) is 13.0. The molecular formula is C11H12ClFN2OS. The molecule has 1 atom stereocenters. The molecule has 1 aromatic rings. The minimum atomic E-state index is -0.624. The zero-order valence-electron chi connectivity index (χ0n) is 9.17. The third kappa shape index (κ3) is 4.28. The highest BCUT2D eigenvalue weighted by Crippen LogP contribution is 2.15. The van der Waals surface area contributed by atoms with E-state index in [4.69, 9.17) is 29.6 Å². The second-order valence-corrected chi connectivity index (χ2v) is 4.61. The Balaban J connectivity index is 2.70. The maximum absolute atomic E-state index is 13.1. The van der Waals surface area contributed by atoms with Crippen molar-refractivity contribution in [2.24, 2.45) is 5.73 Å². The fourth-order valence-electron chi connectivity index (χ4n) is 1.30. The van der Waals surface area contributed by atoms with Crippen LogP contribution in [0.25, 0.3) is 0 Å². The van der Waals surface area contributed by atoms with Crippen molar-refractivity contribution in [2.45, 2.75) is 19.4 Å². The summed E-state index contributed by atoms with van der Waals surface area (Å²) in [7, 11) is 0. The minimum Gasteiger partial charge on any atom is -0.393 e. The highest BCUT2D eigenvalue weighted by molar-refractivity contribution is 7.80. The first-order valence-electron chi connectivity index (χ1n) is 4.94. The molecule has 1 aromatic carbocycles. The van der Waals surface area contributed by atoms with E-state index in [0.29, 0.717) is 11.4 Å². The predicted molar refractivity (Wildman–Crippen MR) is 69.7 cm³/mol. The van der Waals surface area contributed by atoms with E-state index in [1.165, 1.54) is 12.1 Å². The van der Waals surface area contributed by atoms with Crippen molar-refractivity contribution in [3.05, 3.63) is 34.6 Å². The Morgan fingerprint density at radius 3 is 2.82 bits per heavy atom. The molecule has 3 N–H and O–H groups in total. The summed E-state index contributed by atoms with van der Waals surface area (Å²) >= 11 is 10.2. The summed E-state index contributed by atoms with van der Waals surface area (Å²) in [5.41, 5.74) is 5.56. The maximum atomic E-state index is 13.1. The standard InChI is InChI=1S/C11H12ClFN2OS/c1-6(4-10(14)17)15-11(16)7-2-3-8(12)9(13)5-7/h2-3,5-6H,4H2,1H3,(H2,14,17)(H,15,16). The van der Waals surface area contributed by atoms with E-state index in [1.807, 2.05) is 0 Å². The second kappa shape index (κ2) is 5.93. The topological polar surface area (TPSA) is 55.1 Å². The lowest BCUT2D eigenvalue weighted by Crippen LogP contribution is -2.35. The van der Waals surface area contributed by atoms with Crippen LogP contribution in [-0.2, 0) is 0 Å². The molecule has 1 unspecified atom stereocenters. The van der Waals surface area contributed by atoms with Gasteiger partial charge in [-0.2, -0.15) is 0 Å². The monoisotopic (exact) mass is 274 g/mol. The summed E-state index contributed by atoms with van der Waals surface area (Å²) < 4.78 is 13.1. The van der Waals surface area contributed by atoms with Gasteiger partial charge in [0.1, 0.15) is 5.82 Å². The molecule has 0 fully saturated rings. The van der Waals surface area contributed by atoms with Crippen molar-refractivity contribution >= 4 is 34.7 Å². The molecule has 0 aromatic heterocycles. The van der Waals surface area contributed by atoms with Crippen LogP contribution in [0.5, 0.6) is 0 Å². The van der Waals surface area contributed by atoms with E-state index in [-0.39, 0.29) is 22.5 Å². The average molecular weight is 275 g/mol. The van der Waals surface area contributed by atoms with Gasteiger partial charge in [0.25, 0.3) is 5.91 Å². The number of nitrogens with two attached hydrogens (primary N) is 1.